The zero-order chi connectivity index (χ0) is 24.7. The molecule has 1 aromatic heterocycles. The molecule has 1 aromatic carbocycles. The Labute approximate surface area is 200 Å². The molecule has 1 saturated carbocycles. The lowest BCUT2D eigenvalue weighted by Gasteiger charge is -2.29. The summed E-state index contributed by atoms with van der Waals surface area (Å²) in [5.74, 6) is -1.19. The Morgan fingerprint density at radius 3 is 2.86 bits per heavy atom. The van der Waals surface area contributed by atoms with Crippen LogP contribution < -0.4 is 10.1 Å². The Balaban J connectivity index is 1.50. The van der Waals surface area contributed by atoms with Crippen molar-refractivity contribution in [2.45, 2.75) is 69.7 Å². The summed E-state index contributed by atoms with van der Waals surface area (Å²) in [7, 11) is 0. The summed E-state index contributed by atoms with van der Waals surface area (Å²) in [6.45, 7) is -0.782. The highest BCUT2D eigenvalue weighted by molar-refractivity contribution is 5.81. The first-order valence-corrected chi connectivity index (χ1v) is 11.9. The zero-order valence-electron chi connectivity index (χ0n) is 19.3. The lowest BCUT2D eigenvalue weighted by atomic mass is 9.84. The number of hydrogen-bond donors (Lipinski definition) is 2. The second kappa shape index (κ2) is 9.22. The molecular weight excluding hydrogens is 463 g/mol. The van der Waals surface area contributed by atoms with Crippen LogP contribution in [0.4, 0.5) is 13.2 Å². The number of amides is 1. The van der Waals surface area contributed by atoms with Gasteiger partial charge in [0.25, 0.3) is 0 Å². The third-order valence-electron chi connectivity index (χ3n) is 7.17. The van der Waals surface area contributed by atoms with Gasteiger partial charge in [-0.15, -0.1) is 0 Å². The van der Waals surface area contributed by atoms with E-state index in [1.165, 1.54) is 6.07 Å². The first kappa shape index (κ1) is 23.7. The predicted molar refractivity (Wildman–Crippen MR) is 120 cm³/mol. The normalized spacial score (nSPS) is 27.7. The third-order valence-corrected chi connectivity index (χ3v) is 7.17. The molecule has 7 nitrogen and oxygen atoms in total. The third kappa shape index (κ3) is 4.63. The van der Waals surface area contributed by atoms with Crippen LogP contribution in [0.3, 0.4) is 0 Å². The first-order chi connectivity index (χ1) is 16.7. The minimum atomic E-state index is -3.03. The number of aliphatic hydroxyl groups is 1. The van der Waals surface area contributed by atoms with E-state index >= 15 is 0 Å². The number of hydrogen-bond acceptors (Lipinski definition) is 5. The van der Waals surface area contributed by atoms with E-state index in [9.17, 15) is 23.1 Å². The predicted octanol–water partition coefficient (Wildman–Crippen LogP) is 3.90. The number of aromatic nitrogens is 2. The molecule has 1 amide bonds. The van der Waals surface area contributed by atoms with E-state index < -0.39 is 24.1 Å². The molecular formula is C25H28F3N3O4. The van der Waals surface area contributed by atoms with E-state index in [4.69, 9.17) is 9.84 Å². The van der Waals surface area contributed by atoms with E-state index in [-0.39, 0.29) is 29.2 Å². The summed E-state index contributed by atoms with van der Waals surface area (Å²) >= 11 is 0. The van der Waals surface area contributed by atoms with Crippen molar-refractivity contribution in [3.8, 4) is 17.0 Å². The molecule has 0 spiro atoms. The van der Waals surface area contributed by atoms with E-state index in [0.29, 0.717) is 44.4 Å². The molecule has 3 aliphatic rings. The van der Waals surface area contributed by atoms with Crippen LogP contribution in [0.15, 0.2) is 30.5 Å². The number of halogens is 3. The van der Waals surface area contributed by atoms with Gasteiger partial charge in [0.2, 0.25) is 5.91 Å². The van der Waals surface area contributed by atoms with Gasteiger partial charge in [-0.05, 0) is 63.3 Å². The summed E-state index contributed by atoms with van der Waals surface area (Å²) in [6.07, 6.45) is 6.34. The molecule has 10 heteroatoms. The van der Waals surface area contributed by atoms with E-state index in [1.807, 2.05) is 13.0 Å². The van der Waals surface area contributed by atoms with Crippen LogP contribution in [-0.2, 0) is 22.4 Å². The molecule has 0 radical (unpaired) electrons. The molecule has 2 aromatic rings. The highest BCUT2D eigenvalue weighted by Crippen LogP contribution is 2.40. The molecule has 4 atom stereocenters. The first-order valence-electron chi connectivity index (χ1n) is 11.9. The second-order valence-electron chi connectivity index (χ2n) is 9.76. The van der Waals surface area contributed by atoms with Gasteiger partial charge in [0.1, 0.15) is 18.2 Å². The number of nitrogens with one attached hydrogen (secondary N) is 1. The molecule has 0 bridgehead atoms. The molecule has 0 saturated heterocycles. The van der Waals surface area contributed by atoms with Crippen molar-refractivity contribution in [3.05, 3.63) is 47.6 Å². The zero-order valence-corrected chi connectivity index (χ0v) is 19.3. The van der Waals surface area contributed by atoms with E-state index in [1.54, 1.807) is 10.9 Å². The van der Waals surface area contributed by atoms with Gasteiger partial charge in [0.05, 0.1) is 29.6 Å². The maximum absolute atomic E-state index is 14.9. The monoisotopic (exact) mass is 491 g/mol. The van der Waals surface area contributed by atoms with Crippen LogP contribution in [0.5, 0.6) is 5.75 Å². The lowest BCUT2D eigenvalue weighted by molar-refractivity contribution is -0.126. The fourth-order valence-corrected chi connectivity index (χ4v) is 5.35. The van der Waals surface area contributed by atoms with Crippen molar-refractivity contribution in [2.75, 3.05) is 6.61 Å². The van der Waals surface area contributed by atoms with Gasteiger partial charge >= 0.3 is 6.61 Å². The Morgan fingerprint density at radius 1 is 1.34 bits per heavy atom. The number of nitrogens with zero attached hydrogens (tertiary/aromatic N) is 2. The largest absolute Gasteiger partial charge is 0.499 e. The molecule has 188 valence electrons. The molecule has 1 fully saturated rings. The molecule has 5 rings (SSSR count). The molecule has 35 heavy (non-hydrogen) atoms. The van der Waals surface area contributed by atoms with Crippen LogP contribution >= 0.6 is 0 Å². The number of benzene rings is 1. The molecule has 2 aliphatic carbocycles. The fraction of sp³-hybridized carbons (Fsp3) is 0.520. The Kier molecular flexibility index (Phi) is 6.25. The number of aliphatic hydroxyl groups excluding tert-OH is 1. The quantitative estimate of drug-likeness (QED) is 0.640. The van der Waals surface area contributed by atoms with Crippen molar-refractivity contribution in [2.24, 2.45) is 5.92 Å². The molecule has 1 unspecified atom stereocenters. The van der Waals surface area contributed by atoms with Crippen molar-refractivity contribution < 1.29 is 32.5 Å². The van der Waals surface area contributed by atoms with Gasteiger partial charge in [-0.1, -0.05) is 0 Å². The molecule has 2 N–H and O–H groups in total. The van der Waals surface area contributed by atoms with Gasteiger partial charge < -0.3 is 19.9 Å². The fourth-order valence-electron chi connectivity index (χ4n) is 5.35. The lowest BCUT2D eigenvalue weighted by Crippen LogP contribution is -2.49. The standard InChI is InChI=1S/C25H28F3N3O4/c1-25(9-10-34-13-25)29-23(33)14-5-7-16-20(11-14)31(19-3-2-4-21(19)32)30-22(16)17-12-15(35-24(27)28)6-8-18(17)26/h6,8-10,12,14,19,21,24,32H,2-5,7,11,13H2,1H3,(H,29,33)/t14-,19+,21-,25?/m1/s1. The maximum Gasteiger partial charge on any atom is 0.387 e. The van der Waals surface area contributed by atoms with Crippen molar-refractivity contribution in [1.29, 1.82) is 0 Å². The number of fused-ring (bicyclic) bond motifs is 1. The Hall–Kier alpha value is -3.01. The van der Waals surface area contributed by atoms with Gasteiger partial charge in [-0.25, -0.2) is 4.39 Å². The topological polar surface area (TPSA) is 85.6 Å². The van der Waals surface area contributed by atoms with E-state index in [2.05, 4.69) is 10.1 Å². The number of carbonyl (C=O) groups is 1. The maximum atomic E-state index is 14.9. The average Bonchev–Trinajstić information content (AvgIpc) is 3.52. The summed E-state index contributed by atoms with van der Waals surface area (Å²) in [6, 6.07) is 3.18. The average molecular weight is 492 g/mol. The smallest absolute Gasteiger partial charge is 0.387 e. The van der Waals surface area contributed by atoms with Crippen LogP contribution in [0.1, 0.15) is 49.9 Å². The highest BCUT2D eigenvalue weighted by Gasteiger charge is 2.38. The van der Waals surface area contributed by atoms with Crippen LogP contribution in [-0.4, -0.2) is 45.7 Å². The van der Waals surface area contributed by atoms with Gasteiger partial charge in [0, 0.05) is 29.2 Å². The Bertz CT molecular complexity index is 1150. The summed E-state index contributed by atoms with van der Waals surface area (Å²) in [5.41, 5.74) is 1.39. The number of carbonyl (C=O) groups excluding carboxylic acids is 1. The van der Waals surface area contributed by atoms with Crippen LogP contribution in [0.25, 0.3) is 11.3 Å². The van der Waals surface area contributed by atoms with E-state index in [0.717, 1.165) is 29.8 Å². The number of rotatable bonds is 6. The SMILES string of the molecule is CC1(NC(=O)[C@@H]2CCc3c(-c4cc(OC(F)F)ccc4F)nn([C@H]4CCC[C@H]4O)c3C2)C=COC1. The minimum Gasteiger partial charge on any atom is -0.499 e. The van der Waals surface area contributed by atoms with Crippen molar-refractivity contribution in [1.82, 2.24) is 15.1 Å². The molecule has 1 aliphatic heterocycles. The van der Waals surface area contributed by atoms with Crippen LogP contribution in [0.2, 0.25) is 0 Å². The van der Waals surface area contributed by atoms with Crippen molar-refractivity contribution >= 4 is 5.91 Å². The van der Waals surface area contributed by atoms with Gasteiger partial charge in [-0.3, -0.25) is 9.48 Å². The van der Waals surface area contributed by atoms with Crippen LogP contribution in [0, 0.1) is 11.7 Å². The van der Waals surface area contributed by atoms with Gasteiger partial charge in [-0.2, -0.15) is 13.9 Å². The summed E-state index contributed by atoms with van der Waals surface area (Å²) in [5, 5.41) is 18.3. The Morgan fingerprint density at radius 2 is 2.17 bits per heavy atom. The molecule has 2 heterocycles. The number of ether oxygens (including phenoxy) is 2. The second-order valence-corrected chi connectivity index (χ2v) is 9.76. The minimum absolute atomic E-state index is 0.0642. The number of alkyl halides is 2. The summed E-state index contributed by atoms with van der Waals surface area (Å²) in [4.78, 5) is 13.1. The van der Waals surface area contributed by atoms with Gasteiger partial charge in [0.15, 0.2) is 0 Å². The van der Waals surface area contributed by atoms with Crippen molar-refractivity contribution in [3.63, 3.8) is 0 Å². The summed E-state index contributed by atoms with van der Waals surface area (Å²) < 4.78 is 51.9. The highest BCUT2D eigenvalue weighted by atomic mass is 19.3.